The highest BCUT2D eigenvalue weighted by Gasteiger charge is 2.67. The van der Waals surface area contributed by atoms with E-state index in [1.807, 2.05) is 18.2 Å². The van der Waals surface area contributed by atoms with E-state index >= 15 is 0 Å². The molecule has 4 fully saturated rings. The average molecular weight is 566 g/mol. The Balaban J connectivity index is 1.17. The number of fused-ring (bicyclic) bond motifs is 3. The fraction of sp³-hybridized carbons (Fsp3) is 0.552. The molecule has 1 spiro atoms. The summed E-state index contributed by atoms with van der Waals surface area (Å²) in [6, 6.07) is 9.10. The number of hydrogen-bond donors (Lipinski definition) is 1. The molecule has 1 N–H and O–H groups in total. The Bertz CT molecular complexity index is 1560. The van der Waals surface area contributed by atoms with Gasteiger partial charge in [0.15, 0.2) is 0 Å². The largest absolute Gasteiger partial charge is 0.381 e. The zero-order chi connectivity index (χ0) is 28.4. The first-order valence-electron chi connectivity index (χ1n) is 13.8. The number of pyridine rings is 1. The van der Waals surface area contributed by atoms with Crippen molar-refractivity contribution in [3.63, 3.8) is 0 Å². The molecule has 1 aromatic carbocycles. The minimum atomic E-state index is -3.54. The maximum Gasteiger partial charge on any atom is 0.332 e. The van der Waals surface area contributed by atoms with Crippen molar-refractivity contribution < 1.29 is 22.7 Å². The fourth-order valence-corrected chi connectivity index (χ4v) is 8.17. The van der Waals surface area contributed by atoms with Crippen LogP contribution in [0.15, 0.2) is 36.5 Å². The van der Waals surface area contributed by atoms with Crippen LogP contribution >= 0.6 is 0 Å². The Morgan fingerprint density at radius 3 is 2.42 bits per heavy atom. The van der Waals surface area contributed by atoms with E-state index in [0.717, 1.165) is 36.6 Å². The Morgan fingerprint density at radius 1 is 1.07 bits per heavy atom. The number of carbonyl (C=O) groups excluding carboxylic acids is 2. The normalized spacial score (nSPS) is 31.1. The highest BCUT2D eigenvalue weighted by molar-refractivity contribution is 7.92. The van der Waals surface area contributed by atoms with Crippen LogP contribution in [0.2, 0.25) is 0 Å². The van der Waals surface area contributed by atoms with Gasteiger partial charge in [0.2, 0.25) is 10.0 Å². The number of aromatic nitrogens is 1. The molecule has 0 bridgehead atoms. The molecule has 0 radical (unpaired) electrons. The quantitative estimate of drug-likeness (QED) is 0.535. The van der Waals surface area contributed by atoms with Crippen LogP contribution in [-0.2, 0) is 31.5 Å². The minimum absolute atomic E-state index is 0.0227. The average Bonchev–Trinajstić information content (AvgIpc) is 3.42. The third-order valence-corrected chi connectivity index (χ3v) is 11.1. The Morgan fingerprint density at radius 2 is 1.77 bits per heavy atom. The number of carbonyl (C=O) groups is 2. The number of imide groups is 1. The maximum atomic E-state index is 13.8. The molecule has 2 aromatic rings. The van der Waals surface area contributed by atoms with Gasteiger partial charge in [-0.3, -0.25) is 9.10 Å². The van der Waals surface area contributed by atoms with Gasteiger partial charge < -0.3 is 15.0 Å². The second kappa shape index (κ2) is 7.97. The summed E-state index contributed by atoms with van der Waals surface area (Å²) in [5.74, 6) is 1.46. The van der Waals surface area contributed by atoms with Gasteiger partial charge in [0, 0.05) is 42.6 Å². The van der Waals surface area contributed by atoms with Crippen molar-refractivity contribution in [3.05, 3.63) is 47.7 Å². The summed E-state index contributed by atoms with van der Waals surface area (Å²) < 4.78 is 32.4. The van der Waals surface area contributed by atoms with Crippen LogP contribution in [0.25, 0.3) is 0 Å². The summed E-state index contributed by atoms with van der Waals surface area (Å²) in [5.41, 5.74) is 1.42. The molecule has 40 heavy (non-hydrogen) atoms. The Kier molecular flexibility index (Phi) is 5.13. The molecule has 2 aliphatic carbocycles. The fourth-order valence-electron chi connectivity index (χ4n) is 7.21. The van der Waals surface area contributed by atoms with Crippen molar-refractivity contribution >= 4 is 39.2 Å². The van der Waals surface area contributed by atoms with E-state index in [0.29, 0.717) is 35.8 Å². The van der Waals surface area contributed by atoms with E-state index in [-0.39, 0.29) is 23.3 Å². The van der Waals surface area contributed by atoms with E-state index in [9.17, 15) is 18.0 Å². The Hall–Kier alpha value is -3.18. The molecule has 3 amide bonds. The number of ether oxygens (including phenoxy) is 1. The molecule has 10 nitrogen and oxygen atoms in total. The van der Waals surface area contributed by atoms with Crippen LogP contribution in [0.4, 0.5) is 22.0 Å². The van der Waals surface area contributed by atoms with Gasteiger partial charge in [-0.15, -0.1) is 0 Å². The third-order valence-electron chi connectivity index (χ3n) is 10.0. The van der Waals surface area contributed by atoms with Crippen LogP contribution in [0, 0.1) is 17.3 Å². The predicted molar refractivity (Wildman–Crippen MR) is 151 cm³/mol. The van der Waals surface area contributed by atoms with Gasteiger partial charge in [0.05, 0.1) is 30.8 Å². The summed E-state index contributed by atoms with van der Waals surface area (Å²) in [6.45, 7) is 9.96. The van der Waals surface area contributed by atoms with Gasteiger partial charge in [-0.2, -0.15) is 0 Å². The van der Waals surface area contributed by atoms with Crippen LogP contribution in [0.5, 0.6) is 0 Å². The van der Waals surface area contributed by atoms with E-state index in [2.05, 4.69) is 24.1 Å². The number of sulfonamides is 1. The second-order valence-corrected chi connectivity index (χ2v) is 15.2. The lowest BCUT2D eigenvalue weighted by Gasteiger charge is -2.27. The predicted octanol–water partition coefficient (Wildman–Crippen LogP) is 3.33. The number of hydrogen-bond acceptors (Lipinski definition) is 7. The van der Waals surface area contributed by atoms with E-state index in [1.54, 1.807) is 37.1 Å². The summed E-state index contributed by atoms with van der Waals surface area (Å²) in [4.78, 5) is 34.7. The summed E-state index contributed by atoms with van der Waals surface area (Å²) in [7, 11) is -3.54. The minimum Gasteiger partial charge on any atom is -0.381 e. The molecular formula is C29H35N5O5S. The third kappa shape index (κ3) is 3.56. The standard InChI is InChI=1S/C29H35N5O5S/c1-27(2)15-29(27)16-33(40(5,37)38)22-11-18(6-7-21(22)29)34-25(35)28(3,4)32(26(34)36)12-17-8-9-30-23(10-17)31-24-19-13-39-14-20(19)24/h6-11,19-20,24H,12-16H2,1-5H3,(H,30,31)/t19-,20+,24?,29?. The van der Waals surface area contributed by atoms with Gasteiger partial charge in [0.1, 0.15) is 11.4 Å². The lowest BCUT2D eigenvalue weighted by molar-refractivity contribution is -0.123. The van der Waals surface area contributed by atoms with Crippen LogP contribution in [0.1, 0.15) is 45.2 Å². The van der Waals surface area contributed by atoms with Crippen LogP contribution in [0.3, 0.4) is 0 Å². The van der Waals surface area contributed by atoms with Crippen molar-refractivity contribution in [3.8, 4) is 0 Å². The van der Waals surface area contributed by atoms with Crippen LogP contribution in [-0.4, -0.2) is 67.8 Å². The molecule has 1 aromatic heterocycles. The van der Waals surface area contributed by atoms with E-state index < -0.39 is 21.6 Å². The summed E-state index contributed by atoms with van der Waals surface area (Å²) in [5, 5.41) is 3.49. The van der Waals surface area contributed by atoms with Gasteiger partial charge in [-0.25, -0.2) is 23.1 Å². The number of rotatable bonds is 6. The lowest BCUT2D eigenvalue weighted by Crippen LogP contribution is -2.43. The van der Waals surface area contributed by atoms with Crippen molar-refractivity contribution in [2.45, 2.75) is 57.7 Å². The molecule has 2 saturated carbocycles. The molecule has 212 valence electrons. The Labute approximate surface area is 234 Å². The van der Waals surface area contributed by atoms with Gasteiger partial charge in [0.25, 0.3) is 5.91 Å². The van der Waals surface area contributed by atoms with Crippen molar-refractivity contribution in [1.82, 2.24) is 9.88 Å². The first kappa shape index (κ1) is 25.8. The molecule has 11 heteroatoms. The van der Waals surface area contributed by atoms with Gasteiger partial charge >= 0.3 is 6.03 Å². The number of anilines is 3. The number of urea groups is 1. The van der Waals surface area contributed by atoms with E-state index in [1.165, 1.54) is 15.5 Å². The summed E-state index contributed by atoms with van der Waals surface area (Å²) >= 11 is 0. The first-order chi connectivity index (χ1) is 18.7. The number of nitrogens with one attached hydrogen (secondary N) is 1. The molecule has 2 saturated heterocycles. The highest BCUT2D eigenvalue weighted by Crippen LogP contribution is 2.69. The molecule has 4 atom stereocenters. The molecule has 3 aliphatic heterocycles. The zero-order valence-electron chi connectivity index (χ0n) is 23.5. The molecule has 7 rings (SSSR count). The molecule has 5 aliphatic rings. The zero-order valence-corrected chi connectivity index (χ0v) is 24.3. The smallest absolute Gasteiger partial charge is 0.332 e. The van der Waals surface area contributed by atoms with Crippen molar-refractivity contribution in [1.29, 1.82) is 0 Å². The highest BCUT2D eigenvalue weighted by atomic mass is 32.2. The van der Waals surface area contributed by atoms with E-state index in [4.69, 9.17) is 4.74 Å². The lowest BCUT2D eigenvalue weighted by atomic mass is 9.90. The van der Waals surface area contributed by atoms with Crippen molar-refractivity contribution in [2.24, 2.45) is 17.3 Å². The second-order valence-electron chi connectivity index (χ2n) is 13.3. The monoisotopic (exact) mass is 565 g/mol. The molecular weight excluding hydrogens is 530 g/mol. The maximum absolute atomic E-state index is 13.8. The summed E-state index contributed by atoms with van der Waals surface area (Å²) in [6.07, 6.45) is 3.81. The number of nitrogens with zero attached hydrogens (tertiary/aromatic N) is 4. The van der Waals surface area contributed by atoms with Crippen molar-refractivity contribution in [2.75, 3.05) is 40.5 Å². The van der Waals surface area contributed by atoms with Gasteiger partial charge in [-0.05, 0) is 61.1 Å². The topological polar surface area (TPSA) is 112 Å². The van der Waals surface area contributed by atoms with Crippen LogP contribution < -0.4 is 14.5 Å². The number of benzene rings is 1. The SMILES string of the molecule is CC1(C)C(=O)N(c2ccc3c(c2)N(S(C)(=O)=O)CC32CC2(C)C)C(=O)N1Cc1ccnc(NC2[C@H]3COC[C@@H]23)c1. The first-order valence-corrected chi connectivity index (χ1v) is 15.7. The van der Waals surface area contributed by atoms with Gasteiger partial charge in [-0.1, -0.05) is 19.9 Å². The molecule has 2 unspecified atom stereocenters. The molecule has 4 heterocycles. The number of amides is 3.